The molecule has 0 rings (SSSR count). The second-order valence-electron chi connectivity index (χ2n) is 13.4. The summed E-state index contributed by atoms with van der Waals surface area (Å²) in [5, 5.41) is 134. The molecule has 66 heavy (non-hydrogen) atoms. The molecule has 0 aromatic carbocycles. The minimum atomic E-state index is -1.50. The van der Waals surface area contributed by atoms with Gasteiger partial charge in [0.05, 0.1) is 59.5 Å². The zero-order chi connectivity index (χ0) is 55.7. The lowest BCUT2D eigenvalue weighted by Crippen LogP contribution is -2.32. The van der Waals surface area contributed by atoms with E-state index in [9.17, 15) is 19.2 Å². The Bertz CT molecular complexity index is 1120. The van der Waals surface area contributed by atoms with E-state index in [1.807, 2.05) is 34.6 Å². The molecule has 0 atom stereocenters. The van der Waals surface area contributed by atoms with E-state index in [1.54, 1.807) is 6.92 Å². The van der Waals surface area contributed by atoms with E-state index >= 15 is 0 Å². The fourth-order valence-electron chi connectivity index (χ4n) is 1.12. The Kier molecular flexibility index (Phi) is 72.3. The lowest BCUT2D eigenvalue weighted by Gasteiger charge is -2.24. The fourth-order valence-corrected chi connectivity index (χ4v) is 1.12. The van der Waals surface area contributed by atoms with Gasteiger partial charge in [-0.3, -0.25) is 0 Å². The van der Waals surface area contributed by atoms with E-state index in [1.165, 1.54) is 20.8 Å². The van der Waals surface area contributed by atoms with E-state index < -0.39 is 43.5 Å². The second kappa shape index (κ2) is 55.1. The smallest absolute Gasteiger partial charge is 0.339 e. The van der Waals surface area contributed by atoms with Crippen LogP contribution in [0.1, 0.15) is 94.4 Å². The van der Waals surface area contributed by atoms with Crippen LogP contribution < -0.4 is 0 Å². The van der Waals surface area contributed by atoms with Crippen LogP contribution in [-0.4, -0.2) is 184 Å². The van der Waals surface area contributed by atoms with Gasteiger partial charge in [0.15, 0.2) is 18.6 Å². The Hall–Kier alpha value is -2.54. The minimum Gasteiger partial charge on any atom is -0.502 e. The van der Waals surface area contributed by atoms with Crippen molar-refractivity contribution < 1.29 is 101 Å². The zero-order valence-electron chi connectivity index (χ0n) is 39.4. The van der Waals surface area contributed by atoms with Crippen LogP contribution in [0.4, 0.5) is 0 Å². The zero-order valence-corrected chi connectivity index (χ0v) is 44.5. The number of hydrogen-bond acceptors (Lipinski definition) is 19. The molecule has 0 aliphatic heterocycles. The molecule has 0 bridgehead atoms. The van der Waals surface area contributed by atoms with Crippen molar-refractivity contribution in [3.8, 4) is 0 Å². The van der Waals surface area contributed by atoms with Crippen molar-refractivity contribution in [1.82, 2.24) is 0 Å². The number of hydrogen-bond donors (Lipinski definition) is 19. The fraction of sp³-hybridized carbons (Fsp3) is 0.675. The first-order valence-electron chi connectivity index (χ1n) is 19.1. The monoisotopic (exact) mass is 1070 g/mol. The van der Waals surface area contributed by atoms with Gasteiger partial charge in [0.2, 0.25) is 0 Å². The largest absolute Gasteiger partial charge is 0.502 e. The third-order valence-corrected chi connectivity index (χ3v) is 8.39. The van der Waals surface area contributed by atoms with E-state index in [2.05, 4.69) is 94.3 Å². The van der Waals surface area contributed by atoms with Gasteiger partial charge in [-0.25, -0.2) is 19.2 Å². The summed E-state index contributed by atoms with van der Waals surface area (Å²) in [5.74, 6) is -3.97. The SMILES string of the molecule is C=C(C)C(=O)O.C=C(C)C(=O)O.C=C(C)C(=O)O.CC(CO)(CO)CO.CCC(CO)(CO)CO.CCC(CO)(CO)CO.CCC(O)=S.CCC(O)=S.CCC(O)=S.O=C(O)C(S)(S)S. The molecule has 20 nitrogen and oxygen atoms in total. The molecule has 396 valence electrons. The number of thiol groups is 3. The first kappa shape index (κ1) is 86.6. The van der Waals surface area contributed by atoms with Crippen molar-refractivity contribution in [3.05, 3.63) is 36.5 Å². The van der Waals surface area contributed by atoms with E-state index in [0.29, 0.717) is 32.1 Å². The maximum Gasteiger partial charge on any atom is 0.339 e. The predicted octanol–water partition coefficient (Wildman–Crippen LogP) is 3.99. The summed E-state index contributed by atoms with van der Waals surface area (Å²) >= 11 is 23.2. The Morgan fingerprint density at radius 3 is 0.545 bits per heavy atom. The van der Waals surface area contributed by atoms with Gasteiger partial charge < -0.3 is 81.7 Å². The number of aliphatic hydroxyl groups is 12. The first-order chi connectivity index (χ1) is 29.8. The summed E-state index contributed by atoms with van der Waals surface area (Å²) in [7, 11) is 0. The highest BCUT2D eigenvalue weighted by Gasteiger charge is 2.26. The molecule has 0 amide bonds. The maximum absolute atomic E-state index is 9.79. The molecular weight excluding hydrogens is 993 g/mol. The van der Waals surface area contributed by atoms with Gasteiger partial charge >= 0.3 is 23.9 Å². The van der Waals surface area contributed by atoms with Gasteiger partial charge in [0.25, 0.3) is 0 Å². The van der Waals surface area contributed by atoms with E-state index in [0.717, 1.165) is 0 Å². The lowest BCUT2D eigenvalue weighted by atomic mass is 9.88. The standard InChI is InChI=1S/2C6H14O3.C5H12O3.3C4H6O2.3C3H6OS.C2H4O2S3/c2*1-2-6(3-7,4-8)5-9;1-5(2-6,3-7)4-8;3*1-3(2)4(5)6;3*1-2-3(4)5;3-1(4)2(5,6)7/h2*7-9H,2-5H2,1H3;6-8H,2-4H2,1H3;3*1H2,2H3,(H,5,6);3*2H2,1H3,(H,4,5);5-7H,(H,3,4). The molecule has 0 aliphatic carbocycles. The lowest BCUT2D eigenvalue weighted by molar-refractivity contribution is -0.135. The van der Waals surface area contributed by atoms with Crippen molar-refractivity contribution in [2.75, 3.05) is 59.5 Å². The molecule has 0 aliphatic rings. The Morgan fingerprint density at radius 2 is 0.545 bits per heavy atom. The van der Waals surface area contributed by atoms with Gasteiger partial charge in [-0.1, -0.05) is 61.3 Å². The summed E-state index contributed by atoms with van der Waals surface area (Å²) < 4.78 is -1.50. The third-order valence-electron chi connectivity index (χ3n) is 6.95. The van der Waals surface area contributed by atoms with Crippen LogP contribution in [0.2, 0.25) is 0 Å². The highest BCUT2D eigenvalue weighted by Crippen LogP contribution is 2.23. The van der Waals surface area contributed by atoms with Crippen LogP contribution in [0.15, 0.2) is 36.5 Å². The number of rotatable bonds is 18. The average molecular weight is 1070 g/mol. The molecule has 0 radical (unpaired) electrons. The first-order valence-corrected chi connectivity index (χ1v) is 21.6. The topological polar surface area (TPSA) is 392 Å². The molecule has 0 heterocycles. The normalized spacial score (nSPS) is 9.65. The average Bonchev–Trinajstić information content (AvgIpc) is 3.26. The maximum atomic E-state index is 9.79. The van der Waals surface area contributed by atoms with Crippen molar-refractivity contribution >= 4 is 114 Å². The van der Waals surface area contributed by atoms with Crippen LogP contribution in [0, 0.1) is 16.2 Å². The Morgan fingerprint density at radius 1 is 0.424 bits per heavy atom. The molecule has 16 N–H and O–H groups in total. The summed E-state index contributed by atoms with van der Waals surface area (Å²) in [6.45, 7) is 23.0. The summed E-state index contributed by atoms with van der Waals surface area (Å²) in [4.78, 5) is 38.6. The van der Waals surface area contributed by atoms with Gasteiger partial charge in [-0.15, -0.1) is 37.9 Å². The molecule has 0 saturated heterocycles. The summed E-state index contributed by atoms with van der Waals surface area (Å²) in [5.41, 5.74) is -1.51. The number of aliphatic carboxylic acids is 4. The van der Waals surface area contributed by atoms with Gasteiger partial charge in [-0.2, -0.15) is 0 Å². The van der Waals surface area contributed by atoms with Gasteiger partial charge in [-0.05, 0) is 70.3 Å². The van der Waals surface area contributed by atoms with E-state index in [-0.39, 0.29) is 91.3 Å². The highest BCUT2D eigenvalue weighted by molar-refractivity contribution is 8.18. The highest BCUT2D eigenvalue weighted by atomic mass is 32.2. The minimum absolute atomic E-state index is 0.0880. The van der Waals surface area contributed by atoms with Crippen molar-refractivity contribution in [2.45, 2.75) is 97.8 Å². The van der Waals surface area contributed by atoms with Crippen LogP contribution in [0.3, 0.4) is 0 Å². The Balaban J connectivity index is -0.0000000665. The number of carboxylic acids is 4. The Labute approximate surface area is 422 Å². The molecule has 0 unspecified atom stereocenters. The second-order valence-corrected chi connectivity index (χ2v) is 17.9. The third kappa shape index (κ3) is 75.7. The number of thiocarbonyl (C=S) groups is 3. The molecule has 0 aromatic heterocycles. The molecule has 26 heteroatoms. The van der Waals surface area contributed by atoms with Crippen molar-refractivity contribution in [1.29, 1.82) is 0 Å². The number of aliphatic hydroxyl groups excluding tert-OH is 12. The molecule has 0 aromatic rings. The predicted molar refractivity (Wildman–Crippen MR) is 279 cm³/mol. The molecule has 0 spiro atoms. The van der Waals surface area contributed by atoms with E-state index in [4.69, 9.17) is 81.7 Å². The number of carbonyl (C=O) groups is 4. The van der Waals surface area contributed by atoms with Gasteiger partial charge in [0.1, 0.15) is 0 Å². The summed E-state index contributed by atoms with van der Waals surface area (Å²) in [6.07, 6.45) is 2.97. The van der Waals surface area contributed by atoms with Crippen LogP contribution in [0.25, 0.3) is 0 Å². The van der Waals surface area contributed by atoms with Crippen LogP contribution in [-0.2, 0) is 19.2 Å². The van der Waals surface area contributed by atoms with Gasteiger partial charge in [0, 0.05) is 52.2 Å². The van der Waals surface area contributed by atoms with Crippen molar-refractivity contribution in [3.63, 3.8) is 0 Å². The van der Waals surface area contributed by atoms with Crippen molar-refractivity contribution in [2.24, 2.45) is 16.2 Å². The summed E-state index contributed by atoms with van der Waals surface area (Å²) in [6, 6.07) is 0. The molecule has 0 fully saturated rings. The molecule has 0 saturated carbocycles. The quantitative estimate of drug-likeness (QED) is 0.0399. The van der Waals surface area contributed by atoms with Crippen LogP contribution >= 0.6 is 74.5 Å². The molecular formula is C40H80O20S6. The van der Waals surface area contributed by atoms with Crippen LogP contribution in [0.5, 0.6) is 0 Å². The number of carboxylic acid groups (broad SMARTS) is 4.